The fourth-order valence-electron chi connectivity index (χ4n) is 3.96. The molecule has 3 aromatic rings. The number of hydrogen-bond donors (Lipinski definition) is 3. The molecular formula is C25H23N3O5. The molecular weight excluding hydrogens is 422 g/mol. The molecule has 8 heteroatoms. The predicted molar refractivity (Wildman–Crippen MR) is 122 cm³/mol. The van der Waals surface area contributed by atoms with Crippen LogP contribution in [0.5, 0.6) is 0 Å². The van der Waals surface area contributed by atoms with Gasteiger partial charge in [0.05, 0.1) is 11.9 Å². The number of alkyl carbamates (subject to hydrolysis) is 1. The number of amides is 2. The van der Waals surface area contributed by atoms with E-state index in [1.165, 1.54) is 18.3 Å². The number of anilines is 1. The lowest BCUT2D eigenvalue weighted by Crippen LogP contribution is -2.43. The van der Waals surface area contributed by atoms with Crippen molar-refractivity contribution in [3.8, 4) is 11.1 Å². The van der Waals surface area contributed by atoms with Crippen LogP contribution >= 0.6 is 0 Å². The maximum Gasteiger partial charge on any atom is 0.407 e. The number of carboxylic acids is 1. The number of pyridine rings is 1. The molecule has 1 heterocycles. The molecule has 168 valence electrons. The van der Waals surface area contributed by atoms with Gasteiger partial charge in [-0.3, -0.25) is 4.79 Å². The van der Waals surface area contributed by atoms with Crippen molar-refractivity contribution in [3.05, 3.63) is 83.7 Å². The number of carboxylic acid groups (broad SMARTS) is 1. The van der Waals surface area contributed by atoms with Crippen LogP contribution in [0.4, 0.5) is 10.5 Å². The first kappa shape index (κ1) is 22.0. The molecule has 8 nitrogen and oxygen atoms in total. The van der Waals surface area contributed by atoms with Crippen LogP contribution in [0.3, 0.4) is 0 Å². The Bertz CT molecular complexity index is 1150. The van der Waals surface area contributed by atoms with Crippen molar-refractivity contribution < 1.29 is 24.2 Å². The summed E-state index contributed by atoms with van der Waals surface area (Å²) in [6.07, 6.45) is 0.913. The fraction of sp³-hybridized carbons (Fsp3) is 0.200. The van der Waals surface area contributed by atoms with Gasteiger partial charge in [-0.2, -0.15) is 0 Å². The number of nitrogens with one attached hydrogen (secondary N) is 2. The first-order valence-corrected chi connectivity index (χ1v) is 10.6. The van der Waals surface area contributed by atoms with Gasteiger partial charge in [0.15, 0.2) is 0 Å². The van der Waals surface area contributed by atoms with E-state index in [1.807, 2.05) is 36.4 Å². The van der Waals surface area contributed by atoms with Gasteiger partial charge < -0.3 is 20.5 Å². The highest BCUT2D eigenvalue weighted by Gasteiger charge is 2.29. The molecule has 0 spiro atoms. The molecule has 0 fully saturated rings. The molecule has 1 aliphatic rings. The topological polar surface area (TPSA) is 118 Å². The number of aromatic carboxylic acids is 1. The Morgan fingerprint density at radius 2 is 1.64 bits per heavy atom. The molecule has 0 aliphatic heterocycles. The summed E-state index contributed by atoms with van der Waals surface area (Å²) in [4.78, 5) is 39.7. The van der Waals surface area contributed by atoms with Crippen molar-refractivity contribution in [3.63, 3.8) is 0 Å². The second-order valence-electron chi connectivity index (χ2n) is 7.66. The summed E-state index contributed by atoms with van der Waals surface area (Å²) < 4.78 is 5.51. The number of benzene rings is 2. The Balaban J connectivity index is 1.37. The highest BCUT2D eigenvalue weighted by Crippen LogP contribution is 2.44. The quantitative estimate of drug-likeness (QED) is 0.505. The Morgan fingerprint density at radius 3 is 2.18 bits per heavy atom. The Kier molecular flexibility index (Phi) is 6.35. The number of aromatic nitrogens is 1. The van der Waals surface area contributed by atoms with Crippen LogP contribution in [-0.2, 0) is 9.53 Å². The summed E-state index contributed by atoms with van der Waals surface area (Å²) in [5, 5.41) is 14.1. The molecule has 0 unspecified atom stereocenters. The molecule has 4 rings (SSSR count). The van der Waals surface area contributed by atoms with Crippen LogP contribution < -0.4 is 10.6 Å². The molecule has 0 saturated heterocycles. The normalized spacial score (nSPS) is 12.9. The highest BCUT2D eigenvalue weighted by atomic mass is 16.5. The van der Waals surface area contributed by atoms with Gasteiger partial charge in [-0.1, -0.05) is 55.5 Å². The van der Waals surface area contributed by atoms with Crippen LogP contribution in [0.15, 0.2) is 66.9 Å². The van der Waals surface area contributed by atoms with Gasteiger partial charge in [-0.05, 0) is 40.8 Å². The van der Waals surface area contributed by atoms with Crippen molar-refractivity contribution in [1.29, 1.82) is 0 Å². The summed E-state index contributed by atoms with van der Waals surface area (Å²) in [6, 6.07) is 18.0. The third-order valence-corrected chi connectivity index (χ3v) is 5.61. The number of carbonyl (C=O) groups is 3. The molecule has 1 atom stereocenters. The van der Waals surface area contributed by atoms with Crippen LogP contribution in [0.2, 0.25) is 0 Å². The predicted octanol–water partition coefficient (Wildman–Crippen LogP) is 4.04. The molecule has 1 aromatic heterocycles. The number of rotatable bonds is 7. The smallest absolute Gasteiger partial charge is 0.407 e. The molecule has 0 saturated carbocycles. The number of ether oxygens (including phenoxy) is 1. The highest BCUT2D eigenvalue weighted by molar-refractivity contribution is 5.96. The molecule has 33 heavy (non-hydrogen) atoms. The lowest BCUT2D eigenvalue weighted by Gasteiger charge is -2.18. The summed E-state index contributed by atoms with van der Waals surface area (Å²) in [6.45, 7) is 1.91. The Labute approximate surface area is 190 Å². The van der Waals surface area contributed by atoms with E-state index in [9.17, 15) is 14.4 Å². The largest absolute Gasteiger partial charge is 0.477 e. The molecule has 2 aromatic carbocycles. The number of fused-ring (bicyclic) bond motifs is 3. The van der Waals surface area contributed by atoms with E-state index in [4.69, 9.17) is 9.84 Å². The zero-order valence-electron chi connectivity index (χ0n) is 17.9. The maximum absolute atomic E-state index is 12.6. The minimum absolute atomic E-state index is 0.0733. The SMILES string of the molecule is CC[C@H](NC(=O)OCC1c2ccccc2-c2ccccc21)C(=O)Nc1ccc(C(=O)O)nc1. The van der Waals surface area contributed by atoms with E-state index in [1.54, 1.807) is 6.92 Å². The molecule has 0 bridgehead atoms. The van der Waals surface area contributed by atoms with Crippen LogP contribution in [-0.4, -0.2) is 40.7 Å². The maximum atomic E-state index is 12.6. The van der Waals surface area contributed by atoms with Gasteiger partial charge in [0, 0.05) is 5.92 Å². The van der Waals surface area contributed by atoms with Crippen molar-refractivity contribution in [2.75, 3.05) is 11.9 Å². The lowest BCUT2D eigenvalue weighted by atomic mass is 9.98. The first-order chi connectivity index (χ1) is 16.0. The van der Waals surface area contributed by atoms with E-state index in [2.05, 4.69) is 27.8 Å². The van der Waals surface area contributed by atoms with E-state index >= 15 is 0 Å². The molecule has 0 radical (unpaired) electrons. The summed E-state index contributed by atoms with van der Waals surface area (Å²) in [7, 11) is 0. The minimum atomic E-state index is -1.16. The van der Waals surface area contributed by atoms with Crippen molar-refractivity contribution >= 4 is 23.7 Å². The molecule has 3 N–H and O–H groups in total. The average Bonchev–Trinajstić information content (AvgIpc) is 3.15. The van der Waals surface area contributed by atoms with Crippen LogP contribution in [0.1, 0.15) is 40.9 Å². The lowest BCUT2D eigenvalue weighted by molar-refractivity contribution is -0.118. The van der Waals surface area contributed by atoms with Crippen LogP contribution in [0.25, 0.3) is 11.1 Å². The summed E-state index contributed by atoms with van der Waals surface area (Å²) in [5.41, 5.74) is 4.68. The third kappa shape index (κ3) is 4.69. The second kappa shape index (κ2) is 9.52. The molecule has 1 aliphatic carbocycles. The zero-order chi connectivity index (χ0) is 23.4. The van der Waals surface area contributed by atoms with Gasteiger partial charge in [0.2, 0.25) is 5.91 Å². The van der Waals surface area contributed by atoms with Gasteiger partial charge in [-0.15, -0.1) is 0 Å². The van der Waals surface area contributed by atoms with Crippen LogP contribution in [0, 0.1) is 0 Å². The van der Waals surface area contributed by atoms with E-state index in [0.29, 0.717) is 12.1 Å². The summed E-state index contributed by atoms with van der Waals surface area (Å²) in [5.74, 6) is -1.68. The summed E-state index contributed by atoms with van der Waals surface area (Å²) >= 11 is 0. The Morgan fingerprint density at radius 1 is 1.00 bits per heavy atom. The van der Waals surface area contributed by atoms with E-state index < -0.39 is 24.0 Å². The number of hydrogen-bond acceptors (Lipinski definition) is 5. The minimum Gasteiger partial charge on any atom is -0.477 e. The van der Waals surface area contributed by atoms with Gasteiger partial charge >= 0.3 is 12.1 Å². The third-order valence-electron chi connectivity index (χ3n) is 5.61. The van der Waals surface area contributed by atoms with Crippen molar-refractivity contribution in [2.24, 2.45) is 0 Å². The zero-order valence-corrected chi connectivity index (χ0v) is 17.9. The first-order valence-electron chi connectivity index (χ1n) is 10.6. The second-order valence-corrected chi connectivity index (χ2v) is 7.66. The average molecular weight is 445 g/mol. The fourth-order valence-corrected chi connectivity index (χ4v) is 3.96. The van der Waals surface area contributed by atoms with Crippen molar-refractivity contribution in [1.82, 2.24) is 10.3 Å². The Hall–Kier alpha value is -4.20. The van der Waals surface area contributed by atoms with Crippen molar-refractivity contribution in [2.45, 2.75) is 25.3 Å². The van der Waals surface area contributed by atoms with E-state index in [0.717, 1.165) is 22.3 Å². The van der Waals surface area contributed by atoms with Gasteiger partial charge in [0.1, 0.15) is 18.3 Å². The standard InChI is InChI=1S/C25H23N3O5/c1-2-21(23(29)27-15-11-12-22(24(30)31)26-13-15)28-25(32)33-14-20-18-9-5-3-7-16(18)17-8-4-6-10-19(17)20/h3-13,20-21H,2,14H2,1H3,(H,27,29)(H,28,32)(H,30,31)/t21-/m0/s1. The monoisotopic (exact) mass is 445 g/mol. The van der Waals surface area contributed by atoms with Gasteiger partial charge in [-0.25, -0.2) is 14.6 Å². The number of nitrogens with zero attached hydrogens (tertiary/aromatic N) is 1. The number of carbonyl (C=O) groups excluding carboxylic acids is 2. The molecule has 2 amide bonds. The van der Waals surface area contributed by atoms with E-state index in [-0.39, 0.29) is 18.2 Å². The van der Waals surface area contributed by atoms with Gasteiger partial charge in [0.25, 0.3) is 0 Å².